The summed E-state index contributed by atoms with van der Waals surface area (Å²) in [5.41, 5.74) is -0.0410. The molecule has 122 valence electrons. The maximum absolute atomic E-state index is 12.4. The highest BCUT2D eigenvalue weighted by molar-refractivity contribution is 7.99. The maximum atomic E-state index is 12.4. The van der Waals surface area contributed by atoms with Crippen LogP contribution in [0.25, 0.3) is 20.9 Å². The van der Waals surface area contributed by atoms with Crippen LogP contribution in [0.2, 0.25) is 0 Å². The third-order valence-corrected chi connectivity index (χ3v) is 6.28. The second-order valence-electron chi connectivity index (χ2n) is 5.09. The van der Waals surface area contributed by atoms with E-state index in [1.807, 2.05) is 29.8 Å². The fourth-order valence-electron chi connectivity index (χ4n) is 2.20. The summed E-state index contributed by atoms with van der Waals surface area (Å²) >= 11 is 4.46. The number of rotatable bonds is 4. The van der Waals surface area contributed by atoms with Gasteiger partial charge in [0.05, 0.1) is 15.5 Å². The zero-order valence-electron chi connectivity index (χ0n) is 12.8. The van der Waals surface area contributed by atoms with Crippen LogP contribution in [-0.2, 0) is 7.05 Å². The first-order chi connectivity index (χ1) is 11.6. The molecule has 4 rings (SSSR count). The van der Waals surface area contributed by atoms with Crippen LogP contribution in [0.3, 0.4) is 0 Å². The molecule has 0 aliphatic carbocycles. The summed E-state index contributed by atoms with van der Waals surface area (Å²) in [6, 6.07) is 5.70. The molecule has 0 amide bonds. The first kappa shape index (κ1) is 15.6. The highest BCUT2D eigenvalue weighted by Crippen LogP contribution is 2.34. The minimum atomic E-state index is -0.110. The molecule has 1 unspecified atom stereocenters. The summed E-state index contributed by atoms with van der Waals surface area (Å²) < 4.78 is 6.94. The van der Waals surface area contributed by atoms with Crippen molar-refractivity contribution in [2.45, 2.75) is 17.3 Å². The summed E-state index contributed by atoms with van der Waals surface area (Å²) in [5.74, 6) is 1.10. The topological polar surface area (TPSA) is 73.8 Å². The second kappa shape index (κ2) is 6.15. The van der Waals surface area contributed by atoms with E-state index in [0.717, 1.165) is 9.71 Å². The van der Waals surface area contributed by atoms with Gasteiger partial charge in [-0.15, -0.1) is 22.7 Å². The Hall–Kier alpha value is -1.97. The molecule has 4 aromatic rings. The number of nitrogens with zero attached hydrogens (tertiary/aromatic N) is 4. The molecule has 0 saturated heterocycles. The van der Waals surface area contributed by atoms with Crippen LogP contribution >= 0.6 is 34.4 Å². The summed E-state index contributed by atoms with van der Waals surface area (Å²) in [5, 5.41) is 9.05. The van der Waals surface area contributed by atoms with Crippen molar-refractivity contribution in [3.8, 4) is 10.7 Å². The summed E-state index contributed by atoms with van der Waals surface area (Å²) in [6.45, 7) is 1.96. The van der Waals surface area contributed by atoms with Crippen molar-refractivity contribution in [3.63, 3.8) is 0 Å². The number of hydrogen-bond donors (Lipinski definition) is 0. The Kier molecular flexibility index (Phi) is 3.99. The molecule has 0 bridgehead atoms. The van der Waals surface area contributed by atoms with Gasteiger partial charge in [0, 0.05) is 7.05 Å². The van der Waals surface area contributed by atoms with Crippen molar-refractivity contribution in [1.29, 1.82) is 0 Å². The third kappa shape index (κ3) is 2.68. The number of aromatic nitrogens is 4. The Bertz CT molecular complexity index is 1050. The van der Waals surface area contributed by atoms with Gasteiger partial charge < -0.3 is 4.52 Å². The van der Waals surface area contributed by atoms with E-state index in [2.05, 4.69) is 15.1 Å². The fraction of sp³-hybridized carbons (Fsp3) is 0.200. The van der Waals surface area contributed by atoms with Gasteiger partial charge in [-0.05, 0) is 29.8 Å². The molecule has 0 aliphatic rings. The lowest BCUT2D eigenvalue weighted by molar-refractivity contribution is 0.380. The Labute approximate surface area is 149 Å². The molecule has 0 aliphatic heterocycles. The Morgan fingerprint density at radius 3 is 2.92 bits per heavy atom. The van der Waals surface area contributed by atoms with E-state index in [-0.39, 0.29) is 10.8 Å². The van der Waals surface area contributed by atoms with E-state index < -0.39 is 0 Å². The van der Waals surface area contributed by atoms with Crippen LogP contribution in [0.15, 0.2) is 43.4 Å². The molecule has 6 nitrogen and oxygen atoms in total. The van der Waals surface area contributed by atoms with E-state index in [1.165, 1.54) is 23.1 Å². The number of thiophene rings is 2. The maximum Gasteiger partial charge on any atom is 0.262 e. The molecular formula is C15H12N4O2S3. The average molecular weight is 376 g/mol. The minimum Gasteiger partial charge on any atom is -0.338 e. The monoisotopic (exact) mass is 376 g/mol. The molecule has 9 heteroatoms. The number of hydrogen-bond acceptors (Lipinski definition) is 8. The molecule has 1 atom stereocenters. The lowest BCUT2D eigenvalue weighted by atomic mass is 10.4. The van der Waals surface area contributed by atoms with Gasteiger partial charge in [0.2, 0.25) is 11.7 Å². The van der Waals surface area contributed by atoms with Gasteiger partial charge in [0.15, 0.2) is 5.16 Å². The van der Waals surface area contributed by atoms with Crippen molar-refractivity contribution < 1.29 is 4.52 Å². The van der Waals surface area contributed by atoms with Crippen molar-refractivity contribution in [1.82, 2.24) is 19.7 Å². The van der Waals surface area contributed by atoms with E-state index in [1.54, 1.807) is 29.0 Å². The standard InChI is InChI=1S/C15H12N4O2S3/c1-8(12-16-11(18-21-12)10-4-3-6-22-10)24-15-17-13-9(5-7-23-13)14(20)19(15)2/h3-8H,1-2H3. The van der Waals surface area contributed by atoms with Crippen LogP contribution in [0.1, 0.15) is 18.1 Å². The minimum absolute atomic E-state index is 0.0410. The Morgan fingerprint density at radius 2 is 2.12 bits per heavy atom. The predicted molar refractivity (Wildman–Crippen MR) is 96.7 cm³/mol. The van der Waals surface area contributed by atoms with Gasteiger partial charge in [0.25, 0.3) is 5.56 Å². The molecule has 0 saturated carbocycles. The molecule has 24 heavy (non-hydrogen) atoms. The van der Waals surface area contributed by atoms with Crippen molar-refractivity contribution in [3.05, 3.63) is 45.2 Å². The first-order valence-electron chi connectivity index (χ1n) is 7.12. The Balaban J connectivity index is 1.63. The zero-order chi connectivity index (χ0) is 16.7. The van der Waals surface area contributed by atoms with Crippen molar-refractivity contribution in [2.75, 3.05) is 0 Å². The van der Waals surface area contributed by atoms with E-state index in [0.29, 0.717) is 22.3 Å². The predicted octanol–water partition coefficient (Wildman–Crippen LogP) is 3.96. The Morgan fingerprint density at radius 1 is 1.25 bits per heavy atom. The fourth-order valence-corrected chi connectivity index (χ4v) is 4.56. The van der Waals surface area contributed by atoms with Gasteiger partial charge in [0.1, 0.15) is 4.83 Å². The largest absolute Gasteiger partial charge is 0.338 e. The third-order valence-electron chi connectivity index (χ3n) is 3.48. The SMILES string of the molecule is CC(Sc1nc2sccc2c(=O)n1C)c1nc(-c2cccs2)no1. The van der Waals surface area contributed by atoms with E-state index >= 15 is 0 Å². The number of thioether (sulfide) groups is 1. The normalized spacial score (nSPS) is 12.8. The van der Waals surface area contributed by atoms with Gasteiger partial charge in [-0.25, -0.2) is 4.98 Å². The summed E-state index contributed by atoms with van der Waals surface area (Å²) in [7, 11) is 1.73. The van der Waals surface area contributed by atoms with Crippen LogP contribution in [0.4, 0.5) is 0 Å². The molecule has 4 aromatic heterocycles. The van der Waals surface area contributed by atoms with Crippen LogP contribution in [0.5, 0.6) is 0 Å². The van der Waals surface area contributed by atoms with Crippen LogP contribution in [0, 0.1) is 0 Å². The molecular weight excluding hydrogens is 364 g/mol. The summed E-state index contributed by atoms with van der Waals surface area (Å²) in [6.07, 6.45) is 0. The lowest BCUT2D eigenvalue weighted by Gasteiger charge is -2.09. The van der Waals surface area contributed by atoms with Crippen LogP contribution < -0.4 is 5.56 Å². The average Bonchev–Trinajstić information content (AvgIpc) is 3.31. The van der Waals surface area contributed by atoms with E-state index in [4.69, 9.17) is 4.52 Å². The number of fused-ring (bicyclic) bond motifs is 1. The molecule has 0 fully saturated rings. The van der Waals surface area contributed by atoms with E-state index in [9.17, 15) is 4.79 Å². The van der Waals surface area contributed by atoms with Gasteiger partial charge >= 0.3 is 0 Å². The highest BCUT2D eigenvalue weighted by Gasteiger charge is 2.20. The lowest BCUT2D eigenvalue weighted by Crippen LogP contribution is -2.19. The first-order valence-corrected chi connectivity index (χ1v) is 9.76. The molecule has 0 radical (unpaired) electrons. The molecule has 4 heterocycles. The van der Waals surface area contributed by atoms with Gasteiger partial charge in [-0.1, -0.05) is 23.0 Å². The van der Waals surface area contributed by atoms with Crippen molar-refractivity contribution >= 4 is 44.7 Å². The second-order valence-corrected chi connectivity index (χ2v) is 8.24. The quantitative estimate of drug-likeness (QED) is 0.396. The van der Waals surface area contributed by atoms with Crippen LogP contribution in [-0.4, -0.2) is 19.7 Å². The molecule has 0 spiro atoms. The highest BCUT2D eigenvalue weighted by atomic mass is 32.2. The van der Waals surface area contributed by atoms with Crippen molar-refractivity contribution in [2.24, 2.45) is 7.05 Å². The molecule has 0 N–H and O–H groups in total. The van der Waals surface area contributed by atoms with Gasteiger partial charge in [-0.3, -0.25) is 9.36 Å². The summed E-state index contributed by atoms with van der Waals surface area (Å²) in [4.78, 5) is 23.1. The zero-order valence-corrected chi connectivity index (χ0v) is 15.2. The molecule has 0 aromatic carbocycles. The van der Waals surface area contributed by atoms with Gasteiger partial charge in [-0.2, -0.15) is 4.98 Å². The smallest absolute Gasteiger partial charge is 0.262 e.